The average molecular weight is 1140 g/mol. The van der Waals surface area contributed by atoms with Gasteiger partial charge in [0, 0.05) is 38.2 Å². The molecule has 0 saturated carbocycles. The van der Waals surface area contributed by atoms with Crippen LogP contribution in [0, 0.1) is 66.7 Å². The number of nitrogens with zero attached hydrogens (tertiary/aromatic N) is 3. The summed E-state index contributed by atoms with van der Waals surface area (Å²) in [5.41, 5.74) is 17.5. The molecule has 0 aliphatic rings. The van der Waals surface area contributed by atoms with E-state index in [-0.39, 0.29) is 16.7 Å². The Morgan fingerprint density at radius 1 is 0.314 bits per heavy atom. The lowest BCUT2D eigenvalue weighted by Crippen LogP contribution is -2.14. The van der Waals surface area contributed by atoms with Gasteiger partial charge in [-0.3, -0.25) is 0 Å². The topological polar surface area (TPSA) is 33.6 Å². The van der Waals surface area contributed by atoms with E-state index in [4.69, 9.17) is 0 Å². The summed E-state index contributed by atoms with van der Waals surface area (Å²) >= 11 is 0. The lowest BCUT2D eigenvalue weighted by atomic mass is 9.89. The Morgan fingerprint density at radius 3 is 0.988 bits per heavy atom. The summed E-state index contributed by atoms with van der Waals surface area (Å²) < 4.78 is 96.4. The van der Waals surface area contributed by atoms with Crippen molar-refractivity contribution in [1.82, 2.24) is 9.13 Å². The first kappa shape index (κ1) is 55.3. The minimum absolute atomic E-state index is 0.157. The molecule has 0 fully saturated rings. The second-order valence-electron chi connectivity index (χ2n) is 23.1. The molecule has 0 aliphatic carbocycles. The third kappa shape index (κ3) is 9.41. The molecule has 13 aromatic rings. The van der Waals surface area contributed by atoms with E-state index in [2.05, 4.69) is 199 Å². The van der Waals surface area contributed by atoms with E-state index >= 15 is 26.3 Å². The lowest BCUT2D eigenvalue weighted by molar-refractivity contribution is -0.142. The van der Waals surface area contributed by atoms with Gasteiger partial charge in [0.05, 0.1) is 56.2 Å². The zero-order chi connectivity index (χ0) is 60.2. The highest BCUT2D eigenvalue weighted by Crippen LogP contribution is 2.50. The summed E-state index contributed by atoms with van der Waals surface area (Å²) in [6, 6.07) is 64.8. The van der Waals surface area contributed by atoms with Crippen LogP contribution < -0.4 is 0 Å². The molecule has 422 valence electrons. The fraction of sp³-hybridized carbons (Fsp3) is 0.130. The Labute approximate surface area is 495 Å². The molecule has 0 radical (unpaired) electrons. The summed E-state index contributed by atoms with van der Waals surface area (Å²) in [6.45, 7) is 16.6. The normalized spacial score (nSPS) is 12.1. The second-order valence-corrected chi connectivity index (χ2v) is 23.1. The van der Waals surface area contributed by atoms with Crippen LogP contribution in [0.4, 0.5) is 26.3 Å². The number of hydrogen-bond donors (Lipinski definition) is 0. The Bertz CT molecular complexity index is 4770. The summed E-state index contributed by atoms with van der Waals surface area (Å²) in [5, 5.41) is 15.0. The van der Waals surface area contributed by atoms with Gasteiger partial charge in [0.2, 0.25) is 0 Å². The minimum Gasteiger partial charge on any atom is -0.309 e. The average Bonchev–Trinajstić information content (AvgIpc) is 1.73. The number of fused-ring (bicyclic) bond motifs is 6. The molecule has 0 bridgehead atoms. The van der Waals surface area contributed by atoms with Gasteiger partial charge < -0.3 is 9.13 Å². The quantitative estimate of drug-likeness (QED) is 0.140. The molecule has 3 nitrogen and oxygen atoms in total. The molecule has 13 rings (SSSR count). The molecular weight excluding hydrogens is 1080 g/mol. The van der Waals surface area contributed by atoms with E-state index in [1.807, 2.05) is 22.8 Å². The van der Waals surface area contributed by atoms with Crippen LogP contribution in [0.5, 0.6) is 0 Å². The van der Waals surface area contributed by atoms with E-state index < -0.39 is 29.0 Å². The van der Waals surface area contributed by atoms with E-state index in [9.17, 15) is 5.26 Å². The van der Waals surface area contributed by atoms with Crippen LogP contribution >= 0.6 is 0 Å². The number of rotatable bonds is 8. The highest BCUT2D eigenvalue weighted by atomic mass is 19.4. The van der Waals surface area contributed by atoms with Gasteiger partial charge >= 0.3 is 12.4 Å². The third-order valence-corrected chi connectivity index (χ3v) is 17.2. The van der Waals surface area contributed by atoms with Crippen molar-refractivity contribution in [3.63, 3.8) is 0 Å². The van der Waals surface area contributed by atoms with Gasteiger partial charge in [0.1, 0.15) is 0 Å². The molecule has 0 amide bonds. The Balaban J connectivity index is 1.16. The number of aryl methyl sites for hydroxylation is 8. The van der Waals surface area contributed by atoms with Crippen molar-refractivity contribution < 1.29 is 26.3 Å². The molecule has 0 aliphatic heterocycles. The number of hydrogen-bond acceptors (Lipinski definition) is 1. The first-order valence-electron chi connectivity index (χ1n) is 28.6. The van der Waals surface area contributed by atoms with E-state index in [1.165, 1.54) is 12.1 Å². The highest BCUT2D eigenvalue weighted by Gasteiger charge is 2.41. The standard InChI is InChI=1S/C77H57F6N3/c1-43-15-24-57(47(5)33-43)51-19-28-68-61(37-51)62-38-52(58-25-16-44(2)34-48(58)6)20-29-69(62)85(68)72-32-23-55(75-66(76(78,79)80)12-10-13-67(75)77(81,82)83)41-65(72)74-56(42-84)11-9-14-73(74)86-70-30-21-53(59-26-17-45(3)35-49(59)7)39-63(70)64-40-54(22-31-71(64)86)60-27-18-46(4)36-50(60)8/h9-41H,1-8H3. The molecule has 0 saturated heterocycles. The molecule has 2 aromatic heterocycles. The molecule has 9 heteroatoms. The van der Waals surface area contributed by atoms with Crippen LogP contribution in [-0.4, -0.2) is 9.13 Å². The predicted molar refractivity (Wildman–Crippen MR) is 340 cm³/mol. The number of aromatic nitrogens is 2. The van der Waals surface area contributed by atoms with E-state index in [0.29, 0.717) is 29.1 Å². The Kier molecular flexibility index (Phi) is 13.3. The third-order valence-electron chi connectivity index (χ3n) is 17.2. The highest BCUT2D eigenvalue weighted by molar-refractivity contribution is 6.14. The molecule has 86 heavy (non-hydrogen) atoms. The molecule has 11 aromatic carbocycles. The molecular formula is C77H57F6N3. The monoisotopic (exact) mass is 1140 g/mol. The van der Waals surface area contributed by atoms with Gasteiger partial charge in [-0.25, -0.2) is 0 Å². The molecule has 2 heterocycles. The zero-order valence-electron chi connectivity index (χ0n) is 48.7. The summed E-state index contributed by atoms with van der Waals surface area (Å²) in [7, 11) is 0. The molecule has 0 unspecified atom stereocenters. The largest absolute Gasteiger partial charge is 0.417 e. The minimum atomic E-state index is -5.17. The van der Waals surface area contributed by atoms with Crippen molar-refractivity contribution in [3.8, 4) is 84.2 Å². The Hall–Kier alpha value is -9.91. The molecule has 0 N–H and O–H groups in total. The van der Waals surface area contributed by atoms with Crippen molar-refractivity contribution in [2.75, 3.05) is 0 Å². The maximum atomic E-state index is 15.4. The summed E-state index contributed by atoms with van der Waals surface area (Å²) in [5.74, 6) is 0. The van der Waals surface area contributed by atoms with Crippen molar-refractivity contribution in [1.29, 1.82) is 5.26 Å². The van der Waals surface area contributed by atoms with Crippen LogP contribution in [0.15, 0.2) is 200 Å². The van der Waals surface area contributed by atoms with Crippen molar-refractivity contribution in [2.45, 2.75) is 67.7 Å². The summed E-state index contributed by atoms with van der Waals surface area (Å²) in [6.07, 6.45) is -10.3. The smallest absolute Gasteiger partial charge is 0.309 e. The van der Waals surface area contributed by atoms with Gasteiger partial charge in [-0.15, -0.1) is 0 Å². The SMILES string of the molecule is Cc1ccc(-c2ccc3c(c2)c2cc(-c4ccc(C)cc4C)ccc2n3-c2ccc(-c3c(C(F)(F)F)cccc3C(F)(F)F)cc2-c2c(C#N)cccc2-n2c3ccc(-c4ccc(C)cc4C)cc3c3cc(-c4ccc(C)cc4C)ccc32)c(C)c1. The van der Waals surface area contributed by atoms with Gasteiger partial charge in [-0.05, 0) is 213 Å². The first-order chi connectivity index (χ1) is 41.1. The number of benzene rings is 11. The fourth-order valence-electron chi connectivity index (χ4n) is 13.3. The van der Waals surface area contributed by atoms with Gasteiger partial charge in [-0.2, -0.15) is 31.6 Å². The van der Waals surface area contributed by atoms with Crippen LogP contribution in [0.25, 0.3) is 122 Å². The van der Waals surface area contributed by atoms with Gasteiger partial charge in [0.15, 0.2) is 0 Å². The van der Waals surface area contributed by atoms with Crippen LogP contribution in [0.1, 0.15) is 61.2 Å². The zero-order valence-corrected chi connectivity index (χ0v) is 48.7. The molecule has 0 atom stereocenters. The van der Waals surface area contributed by atoms with Gasteiger partial charge in [0.25, 0.3) is 0 Å². The first-order valence-corrected chi connectivity index (χ1v) is 28.6. The van der Waals surface area contributed by atoms with E-state index in [1.54, 1.807) is 18.2 Å². The maximum Gasteiger partial charge on any atom is 0.417 e. The predicted octanol–water partition coefficient (Wildman–Crippen LogP) is 22.3. The fourth-order valence-corrected chi connectivity index (χ4v) is 13.3. The van der Waals surface area contributed by atoms with Crippen molar-refractivity contribution >= 4 is 43.6 Å². The van der Waals surface area contributed by atoms with Crippen molar-refractivity contribution in [2.24, 2.45) is 0 Å². The van der Waals surface area contributed by atoms with Crippen molar-refractivity contribution in [3.05, 3.63) is 261 Å². The number of nitriles is 1. The number of alkyl halides is 6. The second kappa shape index (κ2) is 20.7. The van der Waals surface area contributed by atoms with E-state index in [0.717, 1.165) is 139 Å². The molecule has 0 spiro atoms. The Morgan fingerprint density at radius 2 is 0.651 bits per heavy atom. The lowest BCUT2D eigenvalue weighted by Gasteiger charge is -2.23. The van der Waals surface area contributed by atoms with Crippen LogP contribution in [-0.2, 0) is 12.4 Å². The van der Waals surface area contributed by atoms with Gasteiger partial charge in [-0.1, -0.05) is 138 Å². The summed E-state index contributed by atoms with van der Waals surface area (Å²) in [4.78, 5) is 0. The number of halogens is 6. The maximum absolute atomic E-state index is 15.4. The van der Waals surface area contributed by atoms with Crippen LogP contribution in [0.3, 0.4) is 0 Å². The van der Waals surface area contributed by atoms with Crippen LogP contribution in [0.2, 0.25) is 0 Å².